The van der Waals surface area contributed by atoms with E-state index < -0.39 is 0 Å². The highest BCUT2D eigenvalue weighted by atomic mass is 79.9. The van der Waals surface area contributed by atoms with Gasteiger partial charge < -0.3 is 20.3 Å². The predicted octanol–water partition coefficient (Wildman–Crippen LogP) is 1.10. The van der Waals surface area contributed by atoms with Crippen LogP contribution in [0.1, 0.15) is 5.56 Å². The van der Waals surface area contributed by atoms with Gasteiger partial charge in [-0.25, -0.2) is 0 Å². The van der Waals surface area contributed by atoms with Gasteiger partial charge in [-0.1, -0.05) is 12.1 Å². The fourth-order valence-corrected chi connectivity index (χ4v) is 2.87. The van der Waals surface area contributed by atoms with Crippen LogP contribution in [0.25, 0.3) is 0 Å². The summed E-state index contributed by atoms with van der Waals surface area (Å²) in [7, 11) is 2.07. The number of nitrogens with zero attached hydrogens (tertiary/aromatic N) is 2. The molecule has 0 aromatic heterocycles. The number of benzene rings is 1. The van der Waals surface area contributed by atoms with Gasteiger partial charge in [0.1, 0.15) is 5.75 Å². The number of hydrogen-bond donors (Lipinski definition) is 1. The Bertz CT molecular complexity index is 488. The smallest absolute Gasteiger partial charge is 0.260 e. The Labute approximate surface area is 134 Å². The molecule has 0 unspecified atom stereocenters. The van der Waals surface area contributed by atoms with Crippen LogP contribution in [-0.2, 0) is 11.2 Å². The minimum atomic E-state index is 0.0394. The third kappa shape index (κ3) is 4.43. The minimum Gasteiger partial charge on any atom is -0.482 e. The maximum atomic E-state index is 12.2. The molecule has 1 fully saturated rings. The molecule has 1 saturated heterocycles. The quantitative estimate of drug-likeness (QED) is 0.859. The fraction of sp³-hybridized carbons (Fsp3) is 0.533. The lowest BCUT2D eigenvalue weighted by Gasteiger charge is -2.32. The predicted molar refractivity (Wildman–Crippen MR) is 86.5 cm³/mol. The Morgan fingerprint density at radius 1 is 1.33 bits per heavy atom. The van der Waals surface area contributed by atoms with Crippen LogP contribution in [0, 0.1) is 0 Å². The SMILES string of the molecule is CN1CCN(C(=O)COc2c(Br)cccc2CCN)CC1. The van der Waals surface area contributed by atoms with Gasteiger partial charge in [0, 0.05) is 26.2 Å². The van der Waals surface area contributed by atoms with Crippen LogP contribution in [0.5, 0.6) is 5.75 Å². The monoisotopic (exact) mass is 355 g/mol. The standard InChI is InChI=1S/C15H22BrN3O2/c1-18-7-9-19(10-8-18)14(20)11-21-15-12(5-6-17)3-2-4-13(15)16/h2-4H,5-11,17H2,1H3. The van der Waals surface area contributed by atoms with E-state index in [4.69, 9.17) is 10.5 Å². The van der Waals surface area contributed by atoms with Crippen LogP contribution < -0.4 is 10.5 Å². The van der Waals surface area contributed by atoms with E-state index in [0.717, 1.165) is 48.4 Å². The first kappa shape index (κ1) is 16.3. The van der Waals surface area contributed by atoms with Gasteiger partial charge in [-0.05, 0) is 47.6 Å². The van der Waals surface area contributed by atoms with Crippen LogP contribution >= 0.6 is 15.9 Å². The van der Waals surface area contributed by atoms with E-state index in [1.807, 2.05) is 23.1 Å². The highest BCUT2D eigenvalue weighted by molar-refractivity contribution is 9.10. The summed E-state index contributed by atoms with van der Waals surface area (Å²) in [6.07, 6.45) is 0.734. The molecule has 1 aliphatic rings. The summed E-state index contributed by atoms with van der Waals surface area (Å²) in [6.45, 7) is 4.00. The molecule has 1 amide bonds. The summed E-state index contributed by atoms with van der Waals surface area (Å²) in [6, 6.07) is 5.84. The zero-order chi connectivity index (χ0) is 15.2. The molecule has 116 valence electrons. The largest absolute Gasteiger partial charge is 0.482 e. The van der Waals surface area contributed by atoms with Crippen LogP contribution in [0.2, 0.25) is 0 Å². The van der Waals surface area contributed by atoms with Crippen molar-refractivity contribution in [1.82, 2.24) is 9.80 Å². The summed E-state index contributed by atoms with van der Waals surface area (Å²) in [5.41, 5.74) is 6.64. The lowest BCUT2D eigenvalue weighted by molar-refractivity contribution is -0.134. The van der Waals surface area contributed by atoms with Crippen LogP contribution in [0.4, 0.5) is 0 Å². The fourth-order valence-electron chi connectivity index (χ4n) is 2.35. The number of carbonyl (C=O) groups excluding carboxylic acids is 1. The second-order valence-corrected chi connectivity index (χ2v) is 6.09. The molecule has 21 heavy (non-hydrogen) atoms. The third-order valence-corrected chi connectivity index (χ3v) is 4.28. The van der Waals surface area contributed by atoms with E-state index in [-0.39, 0.29) is 12.5 Å². The average Bonchev–Trinajstić information content (AvgIpc) is 2.47. The molecule has 0 radical (unpaired) electrons. The van der Waals surface area contributed by atoms with Gasteiger partial charge in [0.15, 0.2) is 6.61 Å². The van der Waals surface area contributed by atoms with Crippen molar-refractivity contribution in [2.24, 2.45) is 5.73 Å². The van der Waals surface area contributed by atoms with Crippen molar-refractivity contribution < 1.29 is 9.53 Å². The lowest BCUT2D eigenvalue weighted by atomic mass is 10.1. The first-order valence-electron chi connectivity index (χ1n) is 7.18. The lowest BCUT2D eigenvalue weighted by Crippen LogP contribution is -2.48. The van der Waals surface area contributed by atoms with Crippen molar-refractivity contribution in [2.45, 2.75) is 6.42 Å². The first-order chi connectivity index (χ1) is 10.1. The number of rotatable bonds is 5. The molecular formula is C15H22BrN3O2. The molecule has 0 bridgehead atoms. The van der Waals surface area contributed by atoms with Gasteiger partial charge in [-0.2, -0.15) is 0 Å². The van der Waals surface area contributed by atoms with Crippen LogP contribution in [-0.4, -0.2) is 62.1 Å². The summed E-state index contributed by atoms with van der Waals surface area (Å²) in [5, 5.41) is 0. The van der Waals surface area contributed by atoms with E-state index in [1.54, 1.807) is 0 Å². The molecule has 1 aliphatic heterocycles. The number of nitrogens with two attached hydrogens (primary N) is 1. The van der Waals surface area contributed by atoms with Gasteiger partial charge in [-0.3, -0.25) is 4.79 Å². The van der Waals surface area contributed by atoms with Gasteiger partial charge in [-0.15, -0.1) is 0 Å². The molecule has 0 aliphatic carbocycles. The van der Waals surface area contributed by atoms with Crippen LogP contribution in [0.15, 0.2) is 22.7 Å². The van der Waals surface area contributed by atoms with Crippen molar-refractivity contribution >= 4 is 21.8 Å². The number of piperazine rings is 1. The van der Waals surface area contributed by atoms with E-state index in [9.17, 15) is 4.79 Å². The Kier molecular flexibility index (Phi) is 6.02. The molecule has 0 spiro atoms. The zero-order valence-electron chi connectivity index (χ0n) is 12.3. The second kappa shape index (κ2) is 7.77. The van der Waals surface area contributed by atoms with Gasteiger partial charge in [0.2, 0.25) is 0 Å². The number of likely N-dealkylation sites (N-methyl/N-ethyl adjacent to an activating group) is 1. The third-order valence-electron chi connectivity index (χ3n) is 3.66. The van der Waals surface area contributed by atoms with Crippen molar-refractivity contribution in [3.8, 4) is 5.75 Å². The maximum Gasteiger partial charge on any atom is 0.260 e. The number of hydrogen-bond acceptors (Lipinski definition) is 4. The zero-order valence-corrected chi connectivity index (χ0v) is 13.9. The number of para-hydroxylation sites is 1. The Balaban J connectivity index is 1.95. The average molecular weight is 356 g/mol. The molecule has 0 atom stereocenters. The van der Waals surface area contributed by atoms with Gasteiger partial charge >= 0.3 is 0 Å². The van der Waals surface area contributed by atoms with E-state index in [1.165, 1.54) is 0 Å². The first-order valence-corrected chi connectivity index (χ1v) is 7.97. The molecule has 2 rings (SSSR count). The molecule has 1 aromatic carbocycles. The van der Waals surface area contributed by atoms with Crippen molar-refractivity contribution in [1.29, 1.82) is 0 Å². The number of carbonyl (C=O) groups is 1. The maximum absolute atomic E-state index is 12.2. The highest BCUT2D eigenvalue weighted by Crippen LogP contribution is 2.29. The van der Waals surface area contributed by atoms with Crippen molar-refractivity contribution in [2.75, 3.05) is 46.4 Å². The van der Waals surface area contributed by atoms with E-state index in [0.29, 0.717) is 6.54 Å². The Morgan fingerprint density at radius 3 is 2.71 bits per heavy atom. The van der Waals surface area contributed by atoms with Crippen molar-refractivity contribution in [3.63, 3.8) is 0 Å². The second-order valence-electron chi connectivity index (χ2n) is 5.24. The summed E-state index contributed by atoms with van der Waals surface area (Å²) in [5.74, 6) is 0.767. The van der Waals surface area contributed by atoms with Gasteiger partial charge in [0.05, 0.1) is 4.47 Å². The number of halogens is 1. The normalized spacial score (nSPS) is 16.0. The molecule has 1 heterocycles. The molecular weight excluding hydrogens is 334 g/mol. The Hall–Kier alpha value is -1.11. The molecule has 5 nitrogen and oxygen atoms in total. The van der Waals surface area contributed by atoms with Gasteiger partial charge in [0.25, 0.3) is 5.91 Å². The summed E-state index contributed by atoms with van der Waals surface area (Å²) in [4.78, 5) is 16.3. The highest BCUT2D eigenvalue weighted by Gasteiger charge is 2.20. The number of amides is 1. The van der Waals surface area contributed by atoms with Crippen molar-refractivity contribution in [3.05, 3.63) is 28.2 Å². The summed E-state index contributed by atoms with van der Waals surface area (Å²) >= 11 is 3.47. The minimum absolute atomic E-state index is 0.0394. The Morgan fingerprint density at radius 2 is 2.05 bits per heavy atom. The van der Waals surface area contributed by atoms with Crippen LogP contribution in [0.3, 0.4) is 0 Å². The van der Waals surface area contributed by atoms with E-state index >= 15 is 0 Å². The molecule has 1 aromatic rings. The van der Waals surface area contributed by atoms with E-state index in [2.05, 4.69) is 27.9 Å². The molecule has 6 heteroatoms. The molecule has 0 saturated carbocycles. The number of ether oxygens (including phenoxy) is 1. The summed E-state index contributed by atoms with van der Waals surface area (Å²) < 4.78 is 6.62. The topological polar surface area (TPSA) is 58.8 Å². The molecule has 2 N–H and O–H groups in total.